The second-order valence-corrected chi connectivity index (χ2v) is 3.68. The van der Waals surface area contributed by atoms with Crippen molar-refractivity contribution >= 4 is 0 Å². The van der Waals surface area contributed by atoms with Gasteiger partial charge in [-0.1, -0.05) is 6.07 Å². The van der Waals surface area contributed by atoms with Gasteiger partial charge in [0.15, 0.2) is 0 Å². The van der Waals surface area contributed by atoms with Crippen molar-refractivity contribution in [1.82, 2.24) is 0 Å². The van der Waals surface area contributed by atoms with Crippen molar-refractivity contribution in [2.45, 2.75) is 33.6 Å². The Morgan fingerprint density at radius 3 is 2.60 bits per heavy atom. The first-order valence-corrected chi connectivity index (χ1v) is 5.35. The fraction of sp³-hybridized carbons (Fsp3) is 0.429. The molecule has 1 aromatic rings. The molecule has 0 unspecified atom stereocenters. The molecule has 0 aliphatic carbocycles. The van der Waals surface area contributed by atoms with Crippen molar-refractivity contribution in [3.05, 3.63) is 28.8 Å². The molecule has 1 heteroatoms. The summed E-state index contributed by atoms with van der Waals surface area (Å²) in [7, 11) is 0. The molecule has 80 valence electrons. The second kappa shape index (κ2) is 5.46. The molecule has 0 atom stereocenters. The average Bonchev–Trinajstić information content (AvgIpc) is 2.21. The third-order valence-corrected chi connectivity index (χ3v) is 2.47. The lowest BCUT2D eigenvalue weighted by Crippen LogP contribution is -1.97. The number of benzene rings is 1. The van der Waals surface area contributed by atoms with Crippen molar-refractivity contribution in [3.8, 4) is 18.1 Å². The lowest BCUT2D eigenvalue weighted by atomic mass is 10.0. The molecular weight excluding hydrogens is 184 g/mol. The maximum Gasteiger partial charge on any atom is 0.122 e. The van der Waals surface area contributed by atoms with Crippen LogP contribution in [0.25, 0.3) is 0 Å². The Kier molecular flexibility index (Phi) is 4.24. The molecule has 0 saturated carbocycles. The highest BCUT2D eigenvalue weighted by Gasteiger charge is 2.04. The Bertz CT molecular complexity index is 372. The number of aryl methyl sites for hydroxylation is 3. The summed E-state index contributed by atoms with van der Waals surface area (Å²) in [5.41, 5.74) is 3.78. The van der Waals surface area contributed by atoms with E-state index in [1.54, 1.807) is 0 Å². The molecule has 15 heavy (non-hydrogen) atoms. The van der Waals surface area contributed by atoms with Crippen LogP contribution in [0.4, 0.5) is 0 Å². The van der Waals surface area contributed by atoms with E-state index in [4.69, 9.17) is 11.2 Å². The van der Waals surface area contributed by atoms with Gasteiger partial charge in [-0.3, -0.25) is 0 Å². The van der Waals surface area contributed by atoms with Gasteiger partial charge in [0, 0.05) is 6.42 Å². The molecule has 0 aliphatic rings. The van der Waals surface area contributed by atoms with Crippen LogP contribution in [-0.2, 0) is 6.42 Å². The van der Waals surface area contributed by atoms with Gasteiger partial charge in [-0.05, 0) is 49.9 Å². The molecule has 0 aromatic heterocycles. The van der Waals surface area contributed by atoms with Crippen LogP contribution in [0.15, 0.2) is 12.1 Å². The molecule has 0 amide bonds. The third kappa shape index (κ3) is 3.02. The Morgan fingerprint density at radius 1 is 1.27 bits per heavy atom. The predicted molar refractivity (Wildman–Crippen MR) is 64.2 cm³/mol. The Balaban J connectivity index is 2.93. The van der Waals surface area contributed by atoms with Crippen molar-refractivity contribution < 1.29 is 4.74 Å². The summed E-state index contributed by atoms with van der Waals surface area (Å²) in [5, 5.41) is 0. The number of ether oxygens (including phenoxy) is 1. The van der Waals surface area contributed by atoms with Gasteiger partial charge >= 0.3 is 0 Å². The normalized spacial score (nSPS) is 9.73. The monoisotopic (exact) mass is 202 g/mol. The van der Waals surface area contributed by atoms with Crippen LogP contribution in [0.2, 0.25) is 0 Å². The maximum atomic E-state index is 5.54. The summed E-state index contributed by atoms with van der Waals surface area (Å²) in [6.07, 6.45) is 7.02. The largest absolute Gasteiger partial charge is 0.494 e. The summed E-state index contributed by atoms with van der Waals surface area (Å²) >= 11 is 0. The molecule has 0 heterocycles. The zero-order chi connectivity index (χ0) is 11.3. The van der Waals surface area contributed by atoms with Crippen LogP contribution in [0.5, 0.6) is 5.75 Å². The van der Waals surface area contributed by atoms with Crippen LogP contribution in [0, 0.1) is 26.2 Å². The first-order chi connectivity index (χ1) is 7.19. The Labute approximate surface area is 92.5 Å². The fourth-order valence-electron chi connectivity index (χ4n) is 1.64. The van der Waals surface area contributed by atoms with E-state index in [0.717, 1.165) is 18.6 Å². The Morgan fingerprint density at radius 2 is 2.00 bits per heavy atom. The molecular formula is C14H18O. The number of rotatable bonds is 4. The quantitative estimate of drug-likeness (QED) is 0.681. The van der Waals surface area contributed by atoms with Gasteiger partial charge in [-0.15, -0.1) is 12.3 Å². The SMILES string of the molecule is C#CCCc1cc(C)c(OCC)cc1C. The molecule has 1 rings (SSSR count). The predicted octanol–water partition coefficient (Wildman–Crippen LogP) is 3.27. The minimum atomic E-state index is 0.712. The van der Waals surface area contributed by atoms with E-state index in [9.17, 15) is 0 Å². The van der Waals surface area contributed by atoms with E-state index in [1.165, 1.54) is 16.7 Å². The topological polar surface area (TPSA) is 9.23 Å². The molecule has 0 N–H and O–H groups in total. The van der Waals surface area contributed by atoms with E-state index in [1.807, 2.05) is 6.92 Å². The highest BCUT2D eigenvalue weighted by Crippen LogP contribution is 2.23. The molecule has 1 nitrogen and oxygen atoms in total. The summed E-state index contributed by atoms with van der Waals surface area (Å²) in [6, 6.07) is 4.28. The fourth-order valence-corrected chi connectivity index (χ4v) is 1.64. The van der Waals surface area contributed by atoms with Crippen molar-refractivity contribution in [1.29, 1.82) is 0 Å². The van der Waals surface area contributed by atoms with Gasteiger partial charge in [0.1, 0.15) is 5.75 Å². The van der Waals surface area contributed by atoms with Crippen LogP contribution >= 0.6 is 0 Å². The highest BCUT2D eigenvalue weighted by molar-refractivity contribution is 5.41. The lowest BCUT2D eigenvalue weighted by Gasteiger charge is -2.11. The van der Waals surface area contributed by atoms with E-state index in [2.05, 4.69) is 31.9 Å². The van der Waals surface area contributed by atoms with E-state index < -0.39 is 0 Å². The van der Waals surface area contributed by atoms with E-state index >= 15 is 0 Å². The summed E-state index contributed by atoms with van der Waals surface area (Å²) in [6.45, 7) is 6.89. The van der Waals surface area contributed by atoms with Gasteiger partial charge in [0.2, 0.25) is 0 Å². The van der Waals surface area contributed by atoms with Crippen LogP contribution < -0.4 is 4.74 Å². The van der Waals surface area contributed by atoms with Gasteiger partial charge in [-0.2, -0.15) is 0 Å². The molecule has 0 bridgehead atoms. The molecule has 0 aliphatic heterocycles. The molecule has 0 saturated heterocycles. The minimum Gasteiger partial charge on any atom is -0.494 e. The maximum absolute atomic E-state index is 5.54. The smallest absolute Gasteiger partial charge is 0.122 e. The summed E-state index contributed by atoms with van der Waals surface area (Å²) in [5.74, 6) is 3.66. The third-order valence-electron chi connectivity index (χ3n) is 2.47. The highest BCUT2D eigenvalue weighted by atomic mass is 16.5. The van der Waals surface area contributed by atoms with Crippen LogP contribution in [0.1, 0.15) is 30.0 Å². The lowest BCUT2D eigenvalue weighted by molar-refractivity contribution is 0.337. The molecule has 0 spiro atoms. The first kappa shape index (κ1) is 11.7. The first-order valence-electron chi connectivity index (χ1n) is 5.35. The van der Waals surface area contributed by atoms with Crippen molar-refractivity contribution in [2.24, 2.45) is 0 Å². The van der Waals surface area contributed by atoms with Crippen molar-refractivity contribution in [2.75, 3.05) is 6.61 Å². The number of hydrogen-bond donors (Lipinski definition) is 0. The minimum absolute atomic E-state index is 0.712. The molecule has 1 aromatic carbocycles. The average molecular weight is 202 g/mol. The molecule has 0 radical (unpaired) electrons. The standard InChI is InChI=1S/C14H18O/c1-5-7-8-13-9-12(4)14(15-6-2)10-11(13)3/h1,9-10H,6-8H2,2-4H3. The van der Waals surface area contributed by atoms with E-state index in [-0.39, 0.29) is 0 Å². The van der Waals surface area contributed by atoms with Gasteiger partial charge < -0.3 is 4.74 Å². The van der Waals surface area contributed by atoms with Crippen molar-refractivity contribution in [3.63, 3.8) is 0 Å². The van der Waals surface area contributed by atoms with Gasteiger partial charge in [0.05, 0.1) is 6.61 Å². The zero-order valence-electron chi connectivity index (χ0n) is 9.76. The number of hydrogen-bond acceptors (Lipinski definition) is 1. The van der Waals surface area contributed by atoms with E-state index in [0.29, 0.717) is 6.61 Å². The van der Waals surface area contributed by atoms with Gasteiger partial charge in [-0.25, -0.2) is 0 Å². The van der Waals surface area contributed by atoms with Crippen LogP contribution in [-0.4, -0.2) is 6.61 Å². The van der Waals surface area contributed by atoms with Crippen LogP contribution in [0.3, 0.4) is 0 Å². The Hall–Kier alpha value is -1.42. The summed E-state index contributed by atoms with van der Waals surface area (Å²) in [4.78, 5) is 0. The molecule has 0 fully saturated rings. The number of terminal acetylenes is 1. The second-order valence-electron chi connectivity index (χ2n) is 3.68. The van der Waals surface area contributed by atoms with Gasteiger partial charge in [0.25, 0.3) is 0 Å². The summed E-state index contributed by atoms with van der Waals surface area (Å²) < 4.78 is 5.54. The zero-order valence-corrected chi connectivity index (χ0v) is 9.76.